The summed E-state index contributed by atoms with van der Waals surface area (Å²) in [7, 11) is 0. The molecule has 6 nitrogen and oxygen atoms in total. The third kappa shape index (κ3) is 3.89. The van der Waals surface area contributed by atoms with Crippen molar-refractivity contribution in [3.8, 4) is 11.5 Å². The summed E-state index contributed by atoms with van der Waals surface area (Å²) in [5.74, 6) is 1.87. The molecule has 30 heavy (non-hydrogen) atoms. The number of nitrogens with one attached hydrogen (secondary N) is 1. The molecule has 1 N–H and O–H groups in total. The summed E-state index contributed by atoms with van der Waals surface area (Å²) in [5, 5.41) is 3.61. The predicted molar refractivity (Wildman–Crippen MR) is 115 cm³/mol. The van der Waals surface area contributed by atoms with Gasteiger partial charge < -0.3 is 19.7 Å². The fourth-order valence-electron chi connectivity index (χ4n) is 4.80. The number of rotatable bonds is 5. The van der Waals surface area contributed by atoms with E-state index in [4.69, 9.17) is 9.47 Å². The molecule has 2 aromatic carbocycles. The Bertz CT molecular complexity index is 889. The highest BCUT2D eigenvalue weighted by Crippen LogP contribution is 2.33. The first kappa shape index (κ1) is 19.4. The Balaban J connectivity index is 1.23. The van der Waals surface area contributed by atoms with Crippen LogP contribution in [0.15, 0.2) is 48.5 Å². The zero-order valence-corrected chi connectivity index (χ0v) is 17.3. The summed E-state index contributed by atoms with van der Waals surface area (Å²) in [5.41, 5.74) is 1.91. The molecule has 2 bridgehead atoms. The van der Waals surface area contributed by atoms with Crippen LogP contribution in [-0.2, 0) is 6.54 Å². The second-order valence-corrected chi connectivity index (χ2v) is 8.34. The molecule has 2 saturated heterocycles. The Hall–Kier alpha value is -2.57. The number of benzene rings is 2. The molecule has 5 rings (SSSR count). The van der Waals surface area contributed by atoms with E-state index in [2.05, 4.69) is 21.2 Å². The summed E-state index contributed by atoms with van der Waals surface area (Å²) in [6.45, 7) is 5.78. The number of para-hydroxylation sites is 1. The standard InChI is InChI=1S/C24H29N3O3/c28-24(18-6-2-1-3-7-18)27-17-21(26-11-10-20(27)16-26)15-25-14-19-8-4-9-22-23(19)30-13-5-12-29-22/h1-4,6-9,20-21,25H,5,10-17H2/t20-,21-/m0/s1. The molecule has 2 fully saturated rings. The molecule has 6 heteroatoms. The third-order valence-corrected chi connectivity index (χ3v) is 6.39. The lowest BCUT2D eigenvalue weighted by Gasteiger charge is -2.40. The molecule has 2 aromatic rings. The number of carbonyl (C=O) groups excluding carboxylic acids is 1. The van der Waals surface area contributed by atoms with Gasteiger partial charge in [0.2, 0.25) is 0 Å². The number of piperazine rings is 1. The van der Waals surface area contributed by atoms with E-state index in [0.29, 0.717) is 25.3 Å². The van der Waals surface area contributed by atoms with Crippen molar-refractivity contribution in [2.75, 3.05) is 39.4 Å². The van der Waals surface area contributed by atoms with Crippen molar-refractivity contribution < 1.29 is 14.3 Å². The zero-order chi connectivity index (χ0) is 20.3. The highest BCUT2D eigenvalue weighted by Gasteiger charge is 2.40. The maximum Gasteiger partial charge on any atom is 0.254 e. The van der Waals surface area contributed by atoms with E-state index in [1.54, 1.807) is 0 Å². The predicted octanol–water partition coefficient (Wildman–Crippen LogP) is 2.54. The molecule has 0 spiro atoms. The van der Waals surface area contributed by atoms with Crippen molar-refractivity contribution in [3.63, 3.8) is 0 Å². The van der Waals surface area contributed by atoms with Crippen molar-refractivity contribution >= 4 is 5.91 Å². The van der Waals surface area contributed by atoms with E-state index in [-0.39, 0.29) is 5.91 Å². The van der Waals surface area contributed by atoms with Crippen molar-refractivity contribution in [2.24, 2.45) is 0 Å². The van der Waals surface area contributed by atoms with Gasteiger partial charge in [0.05, 0.1) is 13.2 Å². The van der Waals surface area contributed by atoms with E-state index >= 15 is 0 Å². The summed E-state index contributed by atoms with van der Waals surface area (Å²) < 4.78 is 11.7. The van der Waals surface area contributed by atoms with Crippen LogP contribution in [0.1, 0.15) is 28.8 Å². The highest BCUT2D eigenvalue weighted by molar-refractivity contribution is 5.94. The van der Waals surface area contributed by atoms with Crippen LogP contribution >= 0.6 is 0 Å². The molecule has 3 aliphatic heterocycles. The first-order valence-corrected chi connectivity index (χ1v) is 11.0. The van der Waals surface area contributed by atoms with Crippen LogP contribution in [0.5, 0.6) is 11.5 Å². The molecule has 0 radical (unpaired) electrons. The summed E-state index contributed by atoms with van der Waals surface area (Å²) >= 11 is 0. The number of hydrogen-bond donors (Lipinski definition) is 1. The van der Waals surface area contributed by atoms with Gasteiger partial charge >= 0.3 is 0 Å². The van der Waals surface area contributed by atoms with Gasteiger partial charge in [0.15, 0.2) is 11.5 Å². The van der Waals surface area contributed by atoms with E-state index < -0.39 is 0 Å². The Labute approximate surface area is 177 Å². The lowest BCUT2D eigenvalue weighted by Crippen LogP contribution is -2.57. The van der Waals surface area contributed by atoms with Crippen molar-refractivity contribution in [1.29, 1.82) is 0 Å². The number of amides is 1. The van der Waals surface area contributed by atoms with Crippen LogP contribution < -0.4 is 14.8 Å². The summed E-state index contributed by atoms with van der Waals surface area (Å²) in [6, 6.07) is 16.4. The van der Waals surface area contributed by atoms with Gasteiger partial charge in [-0.1, -0.05) is 30.3 Å². The minimum Gasteiger partial charge on any atom is -0.490 e. The van der Waals surface area contributed by atoms with E-state index in [1.807, 2.05) is 42.5 Å². The van der Waals surface area contributed by atoms with Gasteiger partial charge in [-0.15, -0.1) is 0 Å². The van der Waals surface area contributed by atoms with Gasteiger partial charge in [-0.25, -0.2) is 0 Å². The lowest BCUT2D eigenvalue weighted by molar-refractivity contribution is 0.0495. The molecular weight excluding hydrogens is 378 g/mol. The first-order chi connectivity index (χ1) is 14.8. The van der Waals surface area contributed by atoms with Gasteiger partial charge in [0.25, 0.3) is 5.91 Å². The quantitative estimate of drug-likeness (QED) is 0.826. The van der Waals surface area contributed by atoms with Crippen LogP contribution in [0, 0.1) is 0 Å². The molecule has 0 saturated carbocycles. The molecular formula is C24H29N3O3. The van der Waals surface area contributed by atoms with Gasteiger partial charge in [0.1, 0.15) is 0 Å². The van der Waals surface area contributed by atoms with E-state index in [0.717, 1.165) is 68.2 Å². The number of fused-ring (bicyclic) bond motifs is 3. The Kier molecular flexibility index (Phi) is 5.60. The molecule has 1 amide bonds. The number of ether oxygens (including phenoxy) is 2. The summed E-state index contributed by atoms with van der Waals surface area (Å²) in [6.07, 6.45) is 1.97. The normalized spacial score (nSPS) is 25.1. The molecule has 1 unspecified atom stereocenters. The second kappa shape index (κ2) is 8.66. The van der Waals surface area contributed by atoms with Crippen LogP contribution in [0.3, 0.4) is 0 Å². The van der Waals surface area contributed by atoms with E-state index in [1.165, 1.54) is 0 Å². The lowest BCUT2D eigenvalue weighted by atomic mass is 10.1. The van der Waals surface area contributed by atoms with Gasteiger partial charge in [-0.2, -0.15) is 0 Å². The topological polar surface area (TPSA) is 54.0 Å². The Morgan fingerprint density at radius 3 is 2.80 bits per heavy atom. The van der Waals surface area contributed by atoms with Crippen LogP contribution in [0.2, 0.25) is 0 Å². The fourth-order valence-corrected chi connectivity index (χ4v) is 4.80. The monoisotopic (exact) mass is 407 g/mol. The average molecular weight is 408 g/mol. The molecule has 0 aliphatic carbocycles. The number of carbonyl (C=O) groups is 1. The maximum absolute atomic E-state index is 13.1. The summed E-state index contributed by atoms with van der Waals surface area (Å²) in [4.78, 5) is 17.7. The van der Waals surface area contributed by atoms with Crippen LogP contribution in [-0.4, -0.2) is 67.2 Å². The Morgan fingerprint density at radius 2 is 1.90 bits per heavy atom. The minimum absolute atomic E-state index is 0.158. The first-order valence-electron chi connectivity index (χ1n) is 11.0. The number of hydrogen-bond acceptors (Lipinski definition) is 5. The molecule has 3 heterocycles. The number of nitrogens with zero attached hydrogens (tertiary/aromatic N) is 2. The largest absolute Gasteiger partial charge is 0.490 e. The smallest absolute Gasteiger partial charge is 0.254 e. The fraction of sp³-hybridized carbons (Fsp3) is 0.458. The molecule has 3 atom stereocenters. The minimum atomic E-state index is 0.158. The van der Waals surface area contributed by atoms with Crippen molar-refractivity contribution in [1.82, 2.24) is 15.1 Å². The average Bonchev–Trinajstić information content (AvgIpc) is 3.04. The third-order valence-electron chi connectivity index (χ3n) is 6.39. The van der Waals surface area contributed by atoms with Crippen LogP contribution in [0.25, 0.3) is 0 Å². The highest BCUT2D eigenvalue weighted by atomic mass is 16.5. The van der Waals surface area contributed by atoms with Gasteiger partial charge in [-0.3, -0.25) is 9.69 Å². The zero-order valence-electron chi connectivity index (χ0n) is 17.3. The second-order valence-electron chi connectivity index (χ2n) is 8.34. The van der Waals surface area contributed by atoms with E-state index in [9.17, 15) is 4.79 Å². The molecule has 3 aliphatic rings. The maximum atomic E-state index is 13.1. The Morgan fingerprint density at radius 1 is 1.03 bits per heavy atom. The SMILES string of the molecule is O=C(c1ccccc1)N1C[C@H](CNCc2cccc3c2OCCCO3)N2CC[C@H]1C2. The van der Waals surface area contributed by atoms with Gasteiger partial charge in [-0.05, 0) is 24.6 Å². The van der Waals surface area contributed by atoms with Crippen molar-refractivity contribution in [2.45, 2.75) is 31.5 Å². The molecule has 0 aromatic heterocycles. The van der Waals surface area contributed by atoms with Gasteiger partial charge in [0, 0.05) is 62.4 Å². The van der Waals surface area contributed by atoms with Crippen molar-refractivity contribution in [3.05, 3.63) is 59.7 Å². The van der Waals surface area contributed by atoms with Crippen LogP contribution in [0.4, 0.5) is 0 Å². The molecule has 158 valence electrons.